The Kier molecular flexibility index (Phi) is 6.77. The van der Waals surface area contributed by atoms with Gasteiger partial charge in [0.1, 0.15) is 25.7 Å². The molecule has 2 aromatic rings. The van der Waals surface area contributed by atoms with E-state index in [0.29, 0.717) is 18.5 Å². The van der Waals surface area contributed by atoms with Crippen LogP contribution in [0.4, 0.5) is 0 Å². The topological polar surface area (TPSA) is 63.1 Å². The monoisotopic (exact) mass is 408 g/mol. The predicted molar refractivity (Wildman–Crippen MR) is 114 cm³/mol. The first kappa shape index (κ1) is 20.6. The first-order valence-corrected chi connectivity index (χ1v) is 10.8. The molecule has 2 N–H and O–H groups in total. The third-order valence-corrected chi connectivity index (χ3v) is 5.93. The van der Waals surface area contributed by atoms with Crippen LogP contribution in [0.1, 0.15) is 40.4 Å². The zero-order chi connectivity index (χ0) is 20.8. The fourth-order valence-electron chi connectivity index (χ4n) is 4.23. The highest BCUT2D eigenvalue weighted by Gasteiger charge is 2.24. The summed E-state index contributed by atoms with van der Waals surface area (Å²) in [7, 11) is 0. The largest absolute Gasteiger partial charge is 0.370 e. The Morgan fingerprint density at radius 3 is 2.63 bits per heavy atom. The Labute approximate surface area is 177 Å². The molecule has 6 heteroatoms. The average Bonchev–Trinajstić information content (AvgIpc) is 3.19. The van der Waals surface area contributed by atoms with Crippen molar-refractivity contribution in [2.24, 2.45) is 0 Å². The van der Waals surface area contributed by atoms with Crippen LogP contribution in [-0.2, 0) is 16.1 Å². The van der Waals surface area contributed by atoms with Crippen LogP contribution < -0.4 is 10.2 Å². The molecule has 0 spiro atoms. The van der Waals surface area contributed by atoms with E-state index in [1.807, 2.05) is 47.4 Å². The molecule has 0 unspecified atom stereocenters. The average molecular weight is 409 g/mol. The number of likely N-dealkylation sites (tertiary alicyclic amines) is 1. The van der Waals surface area contributed by atoms with Crippen LogP contribution in [0, 0.1) is 0 Å². The van der Waals surface area contributed by atoms with E-state index in [4.69, 9.17) is 4.74 Å². The second-order valence-electron chi connectivity index (χ2n) is 8.12. The highest BCUT2D eigenvalue weighted by Crippen LogP contribution is 2.16. The Bertz CT molecular complexity index is 865. The minimum Gasteiger partial charge on any atom is -0.370 e. The lowest BCUT2D eigenvalue weighted by Crippen LogP contribution is -3.14. The van der Waals surface area contributed by atoms with Gasteiger partial charge < -0.3 is 19.9 Å². The van der Waals surface area contributed by atoms with Gasteiger partial charge in [0.2, 0.25) is 5.91 Å². The summed E-state index contributed by atoms with van der Waals surface area (Å²) in [6.45, 7) is 5.65. The summed E-state index contributed by atoms with van der Waals surface area (Å²) >= 11 is 0. The summed E-state index contributed by atoms with van der Waals surface area (Å²) in [6, 6.07) is 17.7. The summed E-state index contributed by atoms with van der Waals surface area (Å²) in [5.74, 6) is 0.119. The molecular weight excluding hydrogens is 378 g/mol. The molecule has 0 saturated carbocycles. The number of morpholine rings is 1. The molecule has 2 aromatic carbocycles. The maximum absolute atomic E-state index is 13.1. The zero-order valence-electron chi connectivity index (χ0n) is 17.3. The highest BCUT2D eigenvalue weighted by molar-refractivity contribution is 5.94. The second kappa shape index (κ2) is 9.87. The molecule has 0 aliphatic carbocycles. The lowest BCUT2D eigenvalue weighted by Gasteiger charge is -2.28. The smallest absolute Gasteiger partial charge is 0.251 e. The van der Waals surface area contributed by atoms with Crippen molar-refractivity contribution < 1.29 is 19.2 Å². The van der Waals surface area contributed by atoms with Crippen molar-refractivity contribution >= 4 is 11.8 Å². The van der Waals surface area contributed by atoms with Gasteiger partial charge in [0.15, 0.2) is 0 Å². The molecule has 2 saturated heterocycles. The molecule has 30 heavy (non-hydrogen) atoms. The summed E-state index contributed by atoms with van der Waals surface area (Å²) < 4.78 is 5.48. The Hall–Kier alpha value is -2.70. The predicted octanol–water partition coefficient (Wildman–Crippen LogP) is 1.20. The number of benzene rings is 2. The van der Waals surface area contributed by atoms with Crippen LogP contribution in [0.5, 0.6) is 0 Å². The molecule has 0 bridgehead atoms. The van der Waals surface area contributed by atoms with Crippen LogP contribution in [0.3, 0.4) is 0 Å². The van der Waals surface area contributed by atoms with E-state index < -0.39 is 0 Å². The van der Waals surface area contributed by atoms with Crippen molar-refractivity contribution in [2.45, 2.75) is 25.4 Å². The van der Waals surface area contributed by atoms with Crippen molar-refractivity contribution in [3.63, 3.8) is 0 Å². The summed E-state index contributed by atoms with van der Waals surface area (Å²) in [5, 5.41) is 3.25. The normalized spacial score (nSPS) is 18.4. The molecule has 2 heterocycles. The van der Waals surface area contributed by atoms with Gasteiger partial charge in [-0.3, -0.25) is 9.59 Å². The quantitative estimate of drug-likeness (QED) is 0.724. The van der Waals surface area contributed by atoms with E-state index in [2.05, 4.69) is 17.4 Å². The fourth-order valence-corrected chi connectivity index (χ4v) is 4.23. The van der Waals surface area contributed by atoms with Crippen molar-refractivity contribution in [1.82, 2.24) is 10.2 Å². The zero-order valence-corrected chi connectivity index (χ0v) is 17.3. The van der Waals surface area contributed by atoms with Gasteiger partial charge in [-0.1, -0.05) is 42.5 Å². The second-order valence-corrected chi connectivity index (χ2v) is 8.12. The third-order valence-electron chi connectivity index (χ3n) is 5.93. The van der Waals surface area contributed by atoms with E-state index >= 15 is 0 Å². The molecule has 2 aliphatic heterocycles. The van der Waals surface area contributed by atoms with Gasteiger partial charge in [-0.15, -0.1) is 0 Å². The number of hydrogen-bond acceptors (Lipinski definition) is 3. The minimum atomic E-state index is -0.0777. The standard InChI is InChI=1S/C24H29N3O3/c28-23-10-5-11-27(23)17-19-6-4-9-21(16-19)24(29)25-22(20-7-2-1-3-8-20)18-26-12-14-30-15-13-26/h1-4,6-9,16,22H,5,10-15,17-18H2,(H,25,29)/p+1/t22-/m1/s1. The van der Waals surface area contributed by atoms with Gasteiger partial charge in [-0.05, 0) is 29.7 Å². The summed E-state index contributed by atoms with van der Waals surface area (Å²) in [4.78, 5) is 28.3. The molecule has 2 amide bonds. The fraction of sp³-hybridized carbons (Fsp3) is 0.417. The van der Waals surface area contributed by atoms with Crippen LogP contribution in [0.2, 0.25) is 0 Å². The molecule has 2 aliphatic rings. The van der Waals surface area contributed by atoms with Crippen LogP contribution in [0.15, 0.2) is 54.6 Å². The number of carbonyl (C=O) groups is 2. The molecule has 0 aromatic heterocycles. The number of carbonyl (C=O) groups excluding carboxylic acids is 2. The van der Waals surface area contributed by atoms with E-state index in [0.717, 1.165) is 56.9 Å². The van der Waals surface area contributed by atoms with E-state index in [1.165, 1.54) is 4.90 Å². The molecule has 1 atom stereocenters. The van der Waals surface area contributed by atoms with Gasteiger partial charge in [-0.25, -0.2) is 0 Å². The van der Waals surface area contributed by atoms with Crippen molar-refractivity contribution in [3.8, 4) is 0 Å². The minimum absolute atomic E-state index is 0.0596. The van der Waals surface area contributed by atoms with E-state index in [1.54, 1.807) is 0 Å². The Morgan fingerprint density at radius 2 is 1.90 bits per heavy atom. The summed E-state index contributed by atoms with van der Waals surface area (Å²) in [6.07, 6.45) is 1.55. The number of amides is 2. The van der Waals surface area contributed by atoms with Crippen LogP contribution >= 0.6 is 0 Å². The highest BCUT2D eigenvalue weighted by atomic mass is 16.5. The Morgan fingerprint density at radius 1 is 1.10 bits per heavy atom. The van der Waals surface area contributed by atoms with Gasteiger partial charge in [0, 0.05) is 25.1 Å². The first-order chi connectivity index (χ1) is 14.7. The summed E-state index contributed by atoms with van der Waals surface area (Å²) in [5.41, 5.74) is 2.74. The molecule has 0 radical (unpaired) electrons. The number of nitrogens with zero attached hydrogens (tertiary/aromatic N) is 1. The lowest BCUT2D eigenvalue weighted by atomic mass is 10.0. The molecule has 2 fully saturated rings. The van der Waals surface area contributed by atoms with Crippen molar-refractivity contribution in [3.05, 3.63) is 71.3 Å². The number of hydrogen-bond donors (Lipinski definition) is 2. The maximum atomic E-state index is 13.1. The SMILES string of the molecule is O=C(N[C@H](C[NH+]1CCOCC1)c1ccccc1)c1cccc(CN2CCCC2=O)c1. The Balaban J connectivity index is 1.46. The van der Waals surface area contributed by atoms with Gasteiger partial charge in [0.05, 0.1) is 13.2 Å². The maximum Gasteiger partial charge on any atom is 0.251 e. The number of rotatable bonds is 7. The molecule has 6 nitrogen and oxygen atoms in total. The number of nitrogens with one attached hydrogen (secondary N) is 2. The first-order valence-electron chi connectivity index (χ1n) is 10.8. The van der Waals surface area contributed by atoms with Crippen molar-refractivity contribution in [1.29, 1.82) is 0 Å². The van der Waals surface area contributed by atoms with Gasteiger partial charge >= 0.3 is 0 Å². The molecular formula is C24H30N3O3+. The van der Waals surface area contributed by atoms with Gasteiger partial charge in [0.25, 0.3) is 5.91 Å². The van der Waals surface area contributed by atoms with Gasteiger partial charge in [-0.2, -0.15) is 0 Å². The van der Waals surface area contributed by atoms with Crippen LogP contribution in [-0.4, -0.2) is 56.1 Å². The van der Waals surface area contributed by atoms with Crippen LogP contribution in [0.25, 0.3) is 0 Å². The number of ether oxygens (including phenoxy) is 1. The third kappa shape index (κ3) is 5.26. The lowest BCUT2D eigenvalue weighted by molar-refractivity contribution is -0.909. The molecule has 158 valence electrons. The van der Waals surface area contributed by atoms with E-state index in [9.17, 15) is 9.59 Å². The van der Waals surface area contributed by atoms with Crippen molar-refractivity contribution in [2.75, 3.05) is 39.4 Å². The van der Waals surface area contributed by atoms with E-state index in [-0.39, 0.29) is 17.9 Å². The molecule has 4 rings (SSSR count). The number of quaternary nitrogens is 1.